The van der Waals surface area contributed by atoms with Crippen molar-refractivity contribution >= 4 is 5.97 Å². The van der Waals surface area contributed by atoms with Crippen molar-refractivity contribution in [2.75, 3.05) is 19.7 Å². The minimum absolute atomic E-state index is 0.243. The Kier molecular flexibility index (Phi) is 6.34. The van der Waals surface area contributed by atoms with Crippen LogP contribution in [0.4, 0.5) is 0 Å². The highest BCUT2D eigenvalue weighted by Crippen LogP contribution is 2.07. The molecular weight excluding hydrogens is 240 g/mol. The van der Waals surface area contributed by atoms with Crippen LogP contribution >= 0.6 is 0 Å². The van der Waals surface area contributed by atoms with E-state index in [1.807, 2.05) is 35.2 Å². The van der Waals surface area contributed by atoms with Crippen molar-refractivity contribution in [1.29, 1.82) is 5.26 Å². The minimum atomic E-state index is -0.404. The molecule has 0 N–H and O–H groups in total. The van der Waals surface area contributed by atoms with Crippen molar-refractivity contribution in [2.24, 2.45) is 0 Å². The fourth-order valence-corrected chi connectivity index (χ4v) is 1.68. The van der Waals surface area contributed by atoms with Crippen LogP contribution in [0.3, 0.4) is 0 Å². The summed E-state index contributed by atoms with van der Waals surface area (Å²) in [6.07, 6.45) is 0. The van der Waals surface area contributed by atoms with Crippen molar-refractivity contribution in [3.8, 4) is 6.07 Å². The lowest BCUT2D eigenvalue weighted by Gasteiger charge is -2.19. The molecule has 0 saturated heterocycles. The predicted octanol–water partition coefficient (Wildman–Crippen LogP) is 2.13. The van der Waals surface area contributed by atoms with E-state index in [1.165, 1.54) is 0 Å². The zero-order valence-electron chi connectivity index (χ0n) is 11.1. The van der Waals surface area contributed by atoms with E-state index in [4.69, 9.17) is 10.00 Å². The molecule has 0 fully saturated rings. The standard InChI is InChI=1S/C15H18N2O2/c1-3-19-15(18)13(2)11-17(10-9-16)12-14-7-5-4-6-8-14/h4-8H,2-3,10-12H2,1H3. The number of esters is 1. The number of carbonyl (C=O) groups is 1. The molecule has 0 saturated carbocycles. The number of nitriles is 1. The Morgan fingerprint density at radius 1 is 1.42 bits per heavy atom. The Morgan fingerprint density at radius 3 is 2.68 bits per heavy atom. The van der Waals surface area contributed by atoms with E-state index in [9.17, 15) is 4.79 Å². The molecule has 0 heterocycles. The molecule has 19 heavy (non-hydrogen) atoms. The highest BCUT2D eigenvalue weighted by Gasteiger charge is 2.13. The van der Waals surface area contributed by atoms with Gasteiger partial charge in [-0.1, -0.05) is 36.9 Å². The fraction of sp³-hybridized carbons (Fsp3) is 0.333. The van der Waals surface area contributed by atoms with E-state index in [1.54, 1.807) is 6.92 Å². The normalized spacial score (nSPS) is 9.95. The maximum Gasteiger partial charge on any atom is 0.334 e. The molecule has 4 heteroatoms. The molecule has 1 rings (SSSR count). The van der Waals surface area contributed by atoms with Crippen LogP contribution in [-0.4, -0.2) is 30.6 Å². The summed E-state index contributed by atoms with van der Waals surface area (Å²) in [5, 5.41) is 8.83. The highest BCUT2D eigenvalue weighted by atomic mass is 16.5. The summed E-state index contributed by atoms with van der Waals surface area (Å²) < 4.78 is 4.88. The van der Waals surface area contributed by atoms with Crippen molar-refractivity contribution in [3.05, 3.63) is 48.0 Å². The maximum atomic E-state index is 11.5. The Labute approximate surface area is 113 Å². The predicted molar refractivity (Wildman–Crippen MR) is 73.1 cm³/mol. The van der Waals surface area contributed by atoms with Crippen LogP contribution in [-0.2, 0) is 16.1 Å². The Balaban J connectivity index is 2.61. The van der Waals surface area contributed by atoms with Gasteiger partial charge < -0.3 is 4.74 Å². The molecule has 1 aromatic carbocycles. The zero-order chi connectivity index (χ0) is 14.1. The van der Waals surface area contributed by atoms with Gasteiger partial charge in [0.05, 0.1) is 19.2 Å². The molecule has 0 aromatic heterocycles. The molecular formula is C15H18N2O2. The van der Waals surface area contributed by atoms with E-state index in [0.29, 0.717) is 25.3 Å². The Hall–Kier alpha value is -2.12. The molecule has 0 bridgehead atoms. The third-order valence-corrected chi connectivity index (χ3v) is 2.52. The lowest BCUT2D eigenvalue weighted by atomic mass is 10.2. The molecule has 0 spiro atoms. The average molecular weight is 258 g/mol. The molecule has 0 radical (unpaired) electrons. The summed E-state index contributed by atoms with van der Waals surface area (Å²) in [6, 6.07) is 11.9. The van der Waals surface area contributed by atoms with E-state index < -0.39 is 5.97 Å². The lowest BCUT2D eigenvalue weighted by Crippen LogP contribution is -2.28. The lowest BCUT2D eigenvalue weighted by molar-refractivity contribution is -0.138. The monoisotopic (exact) mass is 258 g/mol. The van der Waals surface area contributed by atoms with Crippen LogP contribution in [0.1, 0.15) is 12.5 Å². The molecule has 0 atom stereocenters. The molecule has 0 amide bonds. The van der Waals surface area contributed by atoms with Crippen LogP contribution in [0.15, 0.2) is 42.5 Å². The van der Waals surface area contributed by atoms with E-state index in [-0.39, 0.29) is 6.54 Å². The second-order valence-corrected chi connectivity index (χ2v) is 4.11. The topological polar surface area (TPSA) is 53.3 Å². The van der Waals surface area contributed by atoms with Crippen molar-refractivity contribution in [3.63, 3.8) is 0 Å². The Morgan fingerprint density at radius 2 is 2.11 bits per heavy atom. The molecule has 4 nitrogen and oxygen atoms in total. The number of benzene rings is 1. The van der Waals surface area contributed by atoms with E-state index in [0.717, 1.165) is 5.56 Å². The van der Waals surface area contributed by atoms with Gasteiger partial charge in [0.15, 0.2) is 0 Å². The fourth-order valence-electron chi connectivity index (χ4n) is 1.68. The summed E-state index contributed by atoms with van der Waals surface area (Å²) in [5.41, 5.74) is 1.46. The molecule has 1 aromatic rings. The first-order chi connectivity index (χ1) is 9.17. The van der Waals surface area contributed by atoms with Gasteiger partial charge in [-0.2, -0.15) is 5.26 Å². The minimum Gasteiger partial charge on any atom is -0.463 e. The largest absolute Gasteiger partial charge is 0.463 e. The number of hydrogen-bond acceptors (Lipinski definition) is 4. The van der Waals surface area contributed by atoms with Crippen LogP contribution < -0.4 is 0 Å². The Bertz CT molecular complexity index is 463. The van der Waals surface area contributed by atoms with Gasteiger partial charge in [0, 0.05) is 18.7 Å². The first-order valence-corrected chi connectivity index (χ1v) is 6.15. The summed E-state index contributed by atoms with van der Waals surface area (Å²) in [7, 11) is 0. The van der Waals surface area contributed by atoms with Gasteiger partial charge in [-0.15, -0.1) is 0 Å². The van der Waals surface area contributed by atoms with Gasteiger partial charge >= 0.3 is 5.97 Å². The molecule has 100 valence electrons. The first kappa shape index (κ1) is 14.9. The average Bonchev–Trinajstić information content (AvgIpc) is 2.40. The number of rotatable bonds is 7. The third kappa shape index (κ3) is 5.36. The zero-order valence-corrected chi connectivity index (χ0v) is 11.1. The summed E-state index contributed by atoms with van der Waals surface area (Å²) in [5.74, 6) is -0.404. The SMILES string of the molecule is C=C(CN(CC#N)Cc1ccccc1)C(=O)OCC. The van der Waals surface area contributed by atoms with Gasteiger partial charge in [-0.25, -0.2) is 4.79 Å². The van der Waals surface area contributed by atoms with Gasteiger partial charge in [-0.05, 0) is 12.5 Å². The second-order valence-electron chi connectivity index (χ2n) is 4.11. The first-order valence-electron chi connectivity index (χ1n) is 6.15. The van der Waals surface area contributed by atoms with Crippen LogP contribution in [0, 0.1) is 11.3 Å². The number of nitrogens with zero attached hydrogens (tertiary/aromatic N) is 2. The number of hydrogen-bond donors (Lipinski definition) is 0. The molecule has 0 aliphatic carbocycles. The van der Waals surface area contributed by atoms with E-state index in [2.05, 4.69) is 12.6 Å². The number of ether oxygens (including phenoxy) is 1. The smallest absolute Gasteiger partial charge is 0.334 e. The van der Waals surface area contributed by atoms with Gasteiger partial charge in [0.2, 0.25) is 0 Å². The second kappa shape index (κ2) is 8.06. The van der Waals surface area contributed by atoms with Gasteiger partial charge in [0.25, 0.3) is 0 Å². The quantitative estimate of drug-likeness (QED) is 0.427. The number of carbonyl (C=O) groups excluding carboxylic acids is 1. The molecule has 0 unspecified atom stereocenters. The summed E-state index contributed by atoms with van der Waals surface area (Å²) >= 11 is 0. The van der Waals surface area contributed by atoms with E-state index >= 15 is 0 Å². The summed E-state index contributed by atoms with van der Waals surface area (Å²) in [6.45, 7) is 6.97. The molecule has 0 aliphatic rings. The summed E-state index contributed by atoms with van der Waals surface area (Å²) in [4.78, 5) is 13.4. The van der Waals surface area contributed by atoms with Gasteiger partial charge in [-0.3, -0.25) is 4.90 Å². The molecule has 0 aliphatic heterocycles. The van der Waals surface area contributed by atoms with Crippen LogP contribution in [0.2, 0.25) is 0 Å². The third-order valence-electron chi connectivity index (χ3n) is 2.52. The highest BCUT2D eigenvalue weighted by molar-refractivity contribution is 5.88. The van der Waals surface area contributed by atoms with Crippen molar-refractivity contribution < 1.29 is 9.53 Å². The van der Waals surface area contributed by atoms with Gasteiger partial charge in [0.1, 0.15) is 0 Å². The maximum absolute atomic E-state index is 11.5. The van der Waals surface area contributed by atoms with Crippen LogP contribution in [0.5, 0.6) is 0 Å². The van der Waals surface area contributed by atoms with Crippen molar-refractivity contribution in [2.45, 2.75) is 13.5 Å². The van der Waals surface area contributed by atoms with Crippen LogP contribution in [0.25, 0.3) is 0 Å². The van der Waals surface area contributed by atoms with Crippen molar-refractivity contribution in [1.82, 2.24) is 4.90 Å².